The number of H-pyrrole nitrogens is 2. The van der Waals surface area contributed by atoms with Crippen molar-refractivity contribution in [3.05, 3.63) is 65.6 Å². The standard InChI is InChI=1S/C26H28N6O/c1-4-33-19-6-8-23-21(12-19)18(13-29-23)9-10-28-26-30-14-22(25(27)32-26)17-5-7-24-20(11-17)15(2)16(3)31-24/h5-8,11-14,29,31H,4,9-10H2,1-3H3,(H3,27,28,30,32). The van der Waals surface area contributed by atoms with Crippen molar-refractivity contribution in [2.24, 2.45) is 0 Å². The number of nitrogen functional groups attached to an aromatic ring is 1. The van der Waals surface area contributed by atoms with Gasteiger partial charge in [-0.3, -0.25) is 0 Å². The van der Waals surface area contributed by atoms with E-state index < -0.39 is 0 Å². The Balaban J connectivity index is 1.30. The normalized spacial score (nSPS) is 11.4. The third-order valence-electron chi connectivity index (χ3n) is 6.16. The van der Waals surface area contributed by atoms with Gasteiger partial charge in [-0.25, -0.2) is 4.98 Å². The first-order valence-corrected chi connectivity index (χ1v) is 11.2. The van der Waals surface area contributed by atoms with Crippen molar-refractivity contribution in [3.63, 3.8) is 0 Å². The fourth-order valence-corrected chi connectivity index (χ4v) is 4.26. The first kappa shape index (κ1) is 20.9. The van der Waals surface area contributed by atoms with Crippen LogP contribution in [-0.2, 0) is 6.42 Å². The van der Waals surface area contributed by atoms with Crippen molar-refractivity contribution < 1.29 is 4.74 Å². The van der Waals surface area contributed by atoms with Crippen LogP contribution in [0.15, 0.2) is 48.8 Å². The number of benzene rings is 2. The van der Waals surface area contributed by atoms with E-state index in [-0.39, 0.29) is 0 Å². The lowest BCUT2D eigenvalue weighted by Gasteiger charge is -2.09. The van der Waals surface area contributed by atoms with Crippen molar-refractivity contribution in [1.29, 1.82) is 0 Å². The molecule has 168 valence electrons. The zero-order valence-corrected chi connectivity index (χ0v) is 19.1. The molecule has 0 fully saturated rings. The first-order chi connectivity index (χ1) is 16.0. The van der Waals surface area contributed by atoms with Gasteiger partial charge in [0.15, 0.2) is 0 Å². The van der Waals surface area contributed by atoms with Crippen molar-refractivity contribution in [2.75, 3.05) is 24.2 Å². The quantitative estimate of drug-likeness (QED) is 0.273. The summed E-state index contributed by atoms with van der Waals surface area (Å²) in [5, 5.41) is 5.66. The lowest BCUT2D eigenvalue weighted by atomic mass is 10.0. The van der Waals surface area contributed by atoms with Crippen LogP contribution in [-0.4, -0.2) is 33.1 Å². The van der Waals surface area contributed by atoms with Gasteiger partial charge in [0, 0.05) is 52.0 Å². The van der Waals surface area contributed by atoms with Gasteiger partial charge in [0.2, 0.25) is 5.95 Å². The van der Waals surface area contributed by atoms with E-state index >= 15 is 0 Å². The molecule has 0 saturated carbocycles. The lowest BCUT2D eigenvalue weighted by Crippen LogP contribution is -2.09. The van der Waals surface area contributed by atoms with E-state index in [4.69, 9.17) is 10.5 Å². The van der Waals surface area contributed by atoms with Gasteiger partial charge in [0.1, 0.15) is 11.6 Å². The maximum atomic E-state index is 6.31. The molecule has 0 saturated heterocycles. The largest absolute Gasteiger partial charge is 0.494 e. The summed E-state index contributed by atoms with van der Waals surface area (Å²) in [6.45, 7) is 7.54. The summed E-state index contributed by atoms with van der Waals surface area (Å²) in [7, 11) is 0. The molecule has 0 amide bonds. The molecule has 5 N–H and O–H groups in total. The second-order valence-corrected chi connectivity index (χ2v) is 8.26. The van der Waals surface area contributed by atoms with E-state index in [9.17, 15) is 0 Å². The highest BCUT2D eigenvalue weighted by molar-refractivity contribution is 5.90. The Morgan fingerprint density at radius 3 is 2.73 bits per heavy atom. The molecule has 7 nitrogen and oxygen atoms in total. The molecule has 0 radical (unpaired) electrons. The fraction of sp³-hybridized carbons (Fsp3) is 0.231. The summed E-state index contributed by atoms with van der Waals surface area (Å²) in [6, 6.07) is 12.4. The fourth-order valence-electron chi connectivity index (χ4n) is 4.26. The molecule has 0 atom stereocenters. The van der Waals surface area contributed by atoms with Crippen molar-refractivity contribution in [1.82, 2.24) is 19.9 Å². The molecule has 0 aliphatic rings. The third kappa shape index (κ3) is 3.98. The van der Waals surface area contributed by atoms with Crippen LogP contribution in [0.4, 0.5) is 11.8 Å². The Labute approximate surface area is 192 Å². The summed E-state index contributed by atoms with van der Waals surface area (Å²) < 4.78 is 5.64. The summed E-state index contributed by atoms with van der Waals surface area (Å²) >= 11 is 0. The van der Waals surface area contributed by atoms with Crippen LogP contribution in [0, 0.1) is 13.8 Å². The minimum Gasteiger partial charge on any atom is -0.494 e. The number of aryl methyl sites for hydroxylation is 2. The Hall–Kier alpha value is -4.00. The van der Waals surface area contributed by atoms with Crippen LogP contribution in [0.1, 0.15) is 23.7 Å². The second-order valence-electron chi connectivity index (χ2n) is 8.26. The van der Waals surface area contributed by atoms with Crippen LogP contribution in [0.5, 0.6) is 5.75 Å². The molecule has 5 aromatic rings. The topological polar surface area (TPSA) is 105 Å². The predicted molar refractivity (Wildman–Crippen MR) is 135 cm³/mol. The Kier molecular flexibility index (Phi) is 5.38. The number of aromatic nitrogens is 4. The monoisotopic (exact) mass is 440 g/mol. The number of ether oxygens (including phenoxy) is 1. The SMILES string of the molecule is CCOc1ccc2[nH]cc(CCNc3ncc(-c4ccc5[nH]c(C)c(C)c5c4)c(N)n3)c2c1. The van der Waals surface area contributed by atoms with Crippen molar-refractivity contribution in [3.8, 4) is 16.9 Å². The number of fused-ring (bicyclic) bond motifs is 2. The average Bonchev–Trinajstić information content (AvgIpc) is 3.34. The van der Waals surface area contributed by atoms with Gasteiger partial charge in [0.25, 0.3) is 0 Å². The molecule has 33 heavy (non-hydrogen) atoms. The number of rotatable bonds is 7. The summed E-state index contributed by atoms with van der Waals surface area (Å²) in [5.74, 6) is 1.87. The molecule has 7 heteroatoms. The minimum atomic E-state index is 0.463. The zero-order chi connectivity index (χ0) is 22.9. The van der Waals surface area contributed by atoms with Gasteiger partial charge >= 0.3 is 0 Å². The molecule has 3 heterocycles. The smallest absolute Gasteiger partial charge is 0.224 e. The molecule has 0 spiro atoms. The van der Waals surface area contributed by atoms with Crippen molar-refractivity contribution >= 4 is 33.6 Å². The van der Waals surface area contributed by atoms with E-state index in [1.807, 2.05) is 31.3 Å². The van der Waals surface area contributed by atoms with E-state index in [0.29, 0.717) is 24.9 Å². The van der Waals surface area contributed by atoms with Crippen LogP contribution < -0.4 is 15.8 Å². The number of nitrogens with zero attached hydrogens (tertiary/aromatic N) is 2. The number of hydrogen-bond acceptors (Lipinski definition) is 5. The van der Waals surface area contributed by atoms with Crippen LogP contribution >= 0.6 is 0 Å². The number of nitrogens with one attached hydrogen (secondary N) is 3. The molecule has 2 aromatic carbocycles. The molecule has 5 rings (SSSR count). The highest BCUT2D eigenvalue weighted by atomic mass is 16.5. The number of hydrogen-bond donors (Lipinski definition) is 4. The van der Waals surface area contributed by atoms with Gasteiger partial charge in [-0.15, -0.1) is 0 Å². The molecule has 3 aromatic heterocycles. The van der Waals surface area contributed by atoms with E-state index in [1.54, 1.807) is 6.20 Å². The zero-order valence-electron chi connectivity index (χ0n) is 19.1. The Bertz CT molecular complexity index is 1450. The second kappa shape index (κ2) is 8.50. The van der Waals surface area contributed by atoms with Crippen LogP contribution in [0.3, 0.4) is 0 Å². The molecular weight excluding hydrogens is 412 g/mol. The molecule has 0 bridgehead atoms. The van der Waals surface area contributed by atoms with E-state index in [2.05, 4.69) is 57.3 Å². The molecule has 0 unspecified atom stereocenters. The number of anilines is 2. The van der Waals surface area contributed by atoms with Gasteiger partial charge < -0.3 is 25.8 Å². The minimum absolute atomic E-state index is 0.463. The van der Waals surface area contributed by atoms with Gasteiger partial charge in [-0.1, -0.05) is 6.07 Å². The van der Waals surface area contributed by atoms with E-state index in [1.165, 1.54) is 27.6 Å². The number of aromatic amines is 2. The van der Waals surface area contributed by atoms with Crippen LogP contribution in [0.25, 0.3) is 32.9 Å². The Morgan fingerprint density at radius 1 is 1.06 bits per heavy atom. The van der Waals surface area contributed by atoms with Gasteiger partial charge in [-0.2, -0.15) is 4.98 Å². The first-order valence-electron chi connectivity index (χ1n) is 11.2. The summed E-state index contributed by atoms with van der Waals surface area (Å²) in [4.78, 5) is 15.7. The maximum absolute atomic E-state index is 6.31. The van der Waals surface area contributed by atoms with Gasteiger partial charge in [0.05, 0.1) is 6.61 Å². The molecular formula is C26H28N6O. The highest BCUT2D eigenvalue weighted by Crippen LogP contribution is 2.30. The Morgan fingerprint density at radius 2 is 1.91 bits per heavy atom. The maximum Gasteiger partial charge on any atom is 0.224 e. The van der Waals surface area contributed by atoms with Crippen LogP contribution in [0.2, 0.25) is 0 Å². The summed E-state index contributed by atoms with van der Waals surface area (Å²) in [6.07, 6.45) is 4.66. The third-order valence-corrected chi connectivity index (χ3v) is 6.16. The highest BCUT2D eigenvalue weighted by Gasteiger charge is 2.11. The number of nitrogens with two attached hydrogens (primary N) is 1. The van der Waals surface area contributed by atoms with Gasteiger partial charge in [-0.05, 0) is 74.2 Å². The summed E-state index contributed by atoms with van der Waals surface area (Å²) in [5.41, 5.74) is 14.0. The van der Waals surface area contributed by atoms with E-state index in [0.717, 1.165) is 34.3 Å². The predicted octanol–water partition coefficient (Wildman–Crippen LogP) is 5.36. The van der Waals surface area contributed by atoms with Crippen molar-refractivity contribution in [2.45, 2.75) is 27.2 Å². The average molecular weight is 441 g/mol. The lowest BCUT2D eigenvalue weighted by molar-refractivity contribution is 0.340. The molecule has 0 aliphatic heterocycles. The molecule has 0 aliphatic carbocycles.